The van der Waals surface area contributed by atoms with Crippen LogP contribution in [0.2, 0.25) is 0 Å². The summed E-state index contributed by atoms with van der Waals surface area (Å²) in [6.45, 7) is 9.39. The lowest BCUT2D eigenvalue weighted by atomic mass is 9.78. The van der Waals surface area contributed by atoms with Crippen molar-refractivity contribution in [2.75, 3.05) is 13.2 Å². The summed E-state index contributed by atoms with van der Waals surface area (Å²) >= 11 is 0. The molecule has 0 amide bonds. The van der Waals surface area contributed by atoms with Gasteiger partial charge in [0.15, 0.2) is 5.79 Å². The highest BCUT2D eigenvalue weighted by Crippen LogP contribution is 2.46. The monoisotopic (exact) mass is 215 g/mol. The molecule has 0 unspecified atom stereocenters. The molecule has 0 bridgehead atoms. The van der Waals surface area contributed by atoms with Crippen LogP contribution < -0.4 is 0 Å². The van der Waals surface area contributed by atoms with Crippen molar-refractivity contribution >= 4 is 0 Å². The van der Waals surface area contributed by atoms with Crippen LogP contribution in [0.15, 0.2) is 0 Å². The van der Waals surface area contributed by atoms with E-state index in [9.17, 15) is 5.21 Å². The van der Waals surface area contributed by atoms with E-state index in [1.165, 1.54) is 5.06 Å². The van der Waals surface area contributed by atoms with E-state index in [2.05, 4.69) is 0 Å². The Bertz CT molecular complexity index is 237. The smallest absolute Gasteiger partial charge is 0.172 e. The van der Waals surface area contributed by atoms with Crippen LogP contribution in [0.4, 0.5) is 0 Å². The second kappa shape index (κ2) is 3.17. The van der Waals surface area contributed by atoms with Gasteiger partial charge >= 0.3 is 0 Å². The van der Waals surface area contributed by atoms with Crippen molar-refractivity contribution in [3.05, 3.63) is 0 Å². The SMILES string of the molecule is CC1(C)CC2(CC(C)(C)N1O)OCCO2. The summed E-state index contributed by atoms with van der Waals surface area (Å²) < 4.78 is 11.5. The van der Waals surface area contributed by atoms with E-state index < -0.39 is 5.79 Å². The molecule has 4 heteroatoms. The first-order valence-corrected chi connectivity index (χ1v) is 5.55. The summed E-state index contributed by atoms with van der Waals surface area (Å²) in [5.74, 6) is -0.480. The third-order valence-electron chi connectivity index (χ3n) is 3.36. The molecule has 0 aromatic heterocycles. The Morgan fingerprint density at radius 3 is 1.73 bits per heavy atom. The van der Waals surface area contributed by atoms with Gasteiger partial charge in [-0.1, -0.05) is 0 Å². The van der Waals surface area contributed by atoms with E-state index >= 15 is 0 Å². The molecule has 15 heavy (non-hydrogen) atoms. The highest BCUT2D eigenvalue weighted by atomic mass is 16.7. The molecular weight excluding hydrogens is 194 g/mol. The summed E-state index contributed by atoms with van der Waals surface area (Å²) in [5, 5.41) is 11.6. The van der Waals surface area contributed by atoms with Gasteiger partial charge in [0.2, 0.25) is 0 Å². The van der Waals surface area contributed by atoms with Crippen molar-refractivity contribution in [2.24, 2.45) is 0 Å². The average Bonchev–Trinajstić information content (AvgIpc) is 2.47. The number of nitrogens with zero attached hydrogens (tertiary/aromatic N) is 1. The molecule has 2 rings (SSSR count). The number of rotatable bonds is 0. The van der Waals surface area contributed by atoms with Gasteiger partial charge in [-0.15, -0.1) is 0 Å². The molecule has 0 aliphatic carbocycles. The summed E-state index contributed by atoms with van der Waals surface area (Å²) in [5.41, 5.74) is -0.627. The van der Waals surface area contributed by atoms with Crippen molar-refractivity contribution in [3.8, 4) is 0 Å². The minimum atomic E-state index is -0.480. The van der Waals surface area contributed by atoms with Gasteiger partial charge in [0, 0.05) is 23.9 Å². The van der Waals surface area contributed by atoms with E-state index in [-0.39, 0.29) is 11.1 Å². The fourth-order valence-corrected chi connectivity index (χ4v) is 3.05. The molecule has 2 saturated heterocycles. The average molecular weight is 215 g/mol. The first-order chi connectivity index (χ1) is 6.78. The van der Waals surface area contributed by atoms with Crippen LogP contribution in [0, 0.1) is 0 Å². The highest BCUT2D eigenvalue weighted by Gasteiger charge is 2.55. The molecule has 0 aromatic rings. The lowest BCUT2D eigenvalue weighted by molar-refractivity contribution is -0.314. The number of ether oxygens (including phenoxy) is 2. The maximum Gasteiger partial charge on any atom is 0.172 e. The van der Waals surface area contributed by atoms with Crippen LogP contribution in [0.3, 0.4) is 0 Å². The minimum Gasteiger partial charge on any atom is -0.347 e. The topological polar surface area (TPSA) is 41.9 Å². The van der Waals surface area contributed by atoms with Crippen molar-refractivity contribution in [1.29, 1.82) is 0 Å². The summed E-state index contributed by atoms with van der Waals surface area (Å²) in [6, 6.07) is 0. The van der Waals surface area contributed by atoms with E-state index in [1.54, 1.807) is 0 Å². The van der Waals surface area contributed by atoms with E-state index in [1.807, 2.05) is 27.7 Å². The zero-order valence-corrected chi connectivity index (χ0v) is 10.0. The molecule has 1 spiro atoms. The van der Waals surface area contributed by atoms with Crippen LogP contribution in [0.1, 0.15) is 40.5 Å². The minimum absolute atomic E-state index is 0.313. The van der Waals surface area contributed by atoms with Gasteiger partial charge in [-0.05, 0) is 27.7 Å². The normalized spacial score (nSPS) is 33.4. The fraction of sp³-hybridized carbons (Fsp3) is 1.00. The predicted molar refractivity (Wildman–Crippen MR) is 55.7 cm³/mol. The Morgan fingerprint density at radius 1 is 0.933 bits per heavy atom. The summed E-state index contributed by atoms with van der Waals surface area (Å²) in [4.78, 5) is 0. The Labute approximate surface area is 91.1 Å². The molecule has 2 aliphatic rings. The molecule has 4 nitrogen and oxygen atoms in total. The van der Waals surface area contributed by atoms with E-state index in [0.717, 1.165) is 0 Å². The van der Waals surface area contributed by atoms with Crippen molar-refractivity contribution < 1.29 is 14.7 Å². The third-order valence-corrected chi connectivity index (χ3v) is 3.36. The summed E-state index contributed by atoms with van der Waals surface area (Å²) in [7, 11) is 0. The largest absolute Gasteiger partial charge is 0.347 e. The zero-order chi connectivity index (χ0) is 11.3. The maximum atomic E-state index is 10.1. The predicted octanol–water partition coefficient (Wildman–Crippen LogP) is 1.77. The molecular formula is C11H21NO3. The first-order valence-electron chi connectivity index (χ1n) is 5.55. The van der Waals surface area contributed by atoms with Gasteiger partial charge in [0.05, 0.1) is 13.2 Å². The molecule has 2 heterocycles. The lowest BCUT2D eigenvalue weighted by Gasteiger charge is -2.54. The molecule has 0 atom stereocenters. The molecule has 1 N–H and O–H groups in total. The third kappa shape index (κ3) is 1.80. The molecule has 0 aromatic carbocycles. The Kier molecular flexibility index (Phi) is 2.39. The van der Waals surface area contributed by atoms with Crippen molar-refractivity contribution in [3.63, 3.8) is 0 Å². The maximum absolute atomic E-state index is 10.1. The number of hydrogen-bond donors (Lipinski definition) is 1. The number of piperidine rings is 1. The zero-order valence-electron chi connectivity index (χ0n) is 10.0. The standard InChI is InChI=1S/C11H21NO3/c1-9(2)7-11(14-5-6-15-11)8-10(3,4)12(9)13/h13H,5-8H2,1-4H3. The van der Waals surface area contributed by atoms with Gasteiger partial charge in [-0.25, -0.2) is 0 Å². The van der Waals surface area contributed by atoms with Gasteiger partial charge in [0.25, 0.3) is 0 Å². The van der Waals surface area contributed by atoms with E-state index in [0.29, 0.717) is 26.1 Å². The van der Waals surface area contributed by atoms with Gasteiger partial charge in [0.1, 0.15) is 0 Å². The van der Waals surface area contributed by atoms with Gasteiger partial charge < -0.3 is 14.7 Å². The quantitative estimate of drug-likeness (QED) is 0.668. The highest BCUT2D eigenvalue weighted by molar-refractivity contribution is 5.01. The molecule has 2 aliphatic heterocycles. The van der Waals surface area contributed by atoms with Crippen molar-refractivity contribution in [1.82, 2.24) is 5.06 Å². The Morgan fingerprint density at radius 2 is 1.33 bits per heavy atom. The van der Waals surface area contributed by atoms with E-state index in [4.69, 9.17) is 9.47 Å². The molecule has 88 valence electrons. The first kappa shape index (κ1) is 11.3. The van der Waals surface area contributed by atoms with Crippen LogP contribution in [-0.4, -0.2) is 40.3 Å². The second-order valence-electron chi connectivity index (χ2n) is 5.90. The van der Waals surface area contributed by atoms with Crippen LogP contribution in [-0.2, 0) is 9.47 Å². The Hall–Kier alpha value is -0.160. The summed E-state index contributed by atoms with van der Waals surface area (Å²) in [6.07, 6.45) is 1.42. The molecule has 0 radical (unpaired) electrons. The number of hydroxylamine groups is 2. The van der Waals surface area contributed by atoms with Crippen LogP contribution >= 0.6 is 0 Å². The number of hydrogen-bond acceptors (Lipinski definition) is 4. The molecule has 0 saturated carbocycles. The second-order valence-corrected chi connectivity index (χ2v) is 5.90. The van der Waals surface area contributed by atoms with Crippen LogP contribution in [0.5, 0.6) is 0 Å². The lowest BCUT2D eigenvalue weighted by Crippen LogP contribution is -2.64. The van der Waals surface area contributed by atoms with Crippen LogP contribution in [0.25, 0.3) is 0 Å². The Balaban J connectivity index is 2.27. The molecule has 2 fully saturated rings. The fourth-order valence-electron chi connectivity index (χ4n) is 3.05. The van der Waals surface area contributed by atoms with Crippen molar-refractivity contribution in [2.45, 2.75) is 57.4 Å². The van der Waals surface area contributed by atoms with Gasteiger partial charge in [-0.2, -0.15) is 5.06 Å². The van der Waals surface area contributed by atoms with Gasteiger partial charge in [-0.3, -0.25) is 0 Å².